The third-order valence-electron chi connectivity index (χ3n) is 3.53. The molecule has 0 spiro atoms. The van der Waals surface area contributed by atoms with Crippen molar-refractivity contribution in [2.45, 2.75) is 46.1 Å². The molecular formula is C17H30N2. The first-order valence-corrected chi connectivity index (χ1v) is 7.72. The van der Waals surface area contributed by atoms with Crippen molar-refractivity contribution < 1.29 is 0 Å². The number of hydrogen-bond acceptors (Lipinski definition) is 2. The van der Waals surface area contributed by atoms with Crippen LogP contribution in [0.1, 0.15) is 50.8 Å². The number of aryl methyl sites for hydroxylation is 1. The third kappa shape index (κ3) is 5.75. The average molecular weight is 262 g/mol. The minimum atomic E-state index is 0.447. The van der Waals surface area contributed by atoms with Gasteiger partial charge in [-0.1, -0.05) is 45.0 Å². The number of nitrogens with zero attached hydrogens (tertiary/aromatic N) is 1. The van der Waals surface area contributed by atoms with Crippen molar-refractivity contribution in [3.63, 3.8) is 0 Å². The van der Waals surface area contributed by atoms with E-state index in [1.54, 1.807) is 0 Å². The van der Waals surface area contributed by atoms with Crippen LogP contribution in [-0.4, -0.2) is 31.6 Å². The Morgan fingerprint density at radius 1 is 1.05 bits per heavy atom. The smallest absolute Gasteiger partial charge is 0.0449 e. The Morgan fingerprint density at radius 3 is 2.26 bits per heavy atom. The van der Waals surface area contributed by atoms with Crippen LogP contribution in [0, 0.1) is 0 Å². The van der Waals surface area contributed by atoms with Gasteiger partial charge in [-0.25, -0.2) is 0 Å². The molecule has 0 radical (unpaired) electrons. The van der Waals surface area contributed by atoms with Crippen LogP contribution in [0.15, 0.2) is 24.3 Å². The van der Waals surface area contributed by atoms with E-state index in [0.29, 0.717) is 6.04 Å². The SMILES string of the molecule is CCCNC(CN(C)CCC)c1ccc(CC)cc1. The summed E-state index contributed by atoms with van der Waals surface area (Å²) in [6, 6.07) is 9.53. The molecule has 0 fully saturated rings. The molecule has 1 unspecified atom stereocenters. The summed E-state index contributed by atoms with van der Waals surface area (Å²) in [6.45, 7) is 9.99. The average Bonchev–Trinajstić information content (AvgIpc) is 2.44. The molecule has 0 aliphatic heterocycles. The zero-order valence-corrected chi connectivity index (χ0v) is 13.1. The molecule has 0 aliphatic rings. The lowest BCUT2D eigenvalue weighted by molar-refractivity contribution is 0.291. The Bertz CT molecular complexity index is 332. The molecular weight excluding hydrogens is 232 g/mol. The van der Waals surface area contributed by atoms with Crippen LogP contribution in [0.25, 0.3) is 0 Å². The van der Waals surface area contributed by atoms with Gasteiger partial charge in [-0.2, -0.15) is 0 Å². The fourth-order valence-electron chi connectivity index (χ4n) is 2.38. The number of rotatable bonds is 9. The van der Waals surface area contributed by atoms with Crippen molar-refractivity contribution in [1.82, 2.24) is 10.2 Å². The Morgan fingerprint density at radius 2 is 1.74 bits per heavy atom. The lowest BCUT2D eigenvalue weighted by Gasteiger charge is -2.25. The van der Waals surface area contributed by atoms with E-state index in [1.807, 2.05) is 0 Å². The first kappa shape index (κ1) is 16.2. The minimum Gasteiger partial charge on any atom is -0.309 e. The maximum absolute atomic E-state index is 3.67. The normalized spacial score (nSPS) is 12.9. The Balaban J connectivity index is 2.70. The van der Waals surface area contributed by atoms with Crippen molar-refractivity contribution in [3.05, 3.63) is 35.4 Å². The molecule has 1 aromatic rings. The van der Waals surface area contributed by atoms with Gasteiger partial charge in [0.15, 0.2) is 0 Å². The van der Waals surface area contributed by atoms with Gasteiger partial charge in [0.2, 0.25) is 0 Å². The minimum absolute atomic E-state index is 0.447. The second-order valence-corrected chi connectivity index (χ2v) is 5.36. The maximum Gasteiger partial charge on any atom is 0.0449 e. The van der Waals surface area contributed by atoms with E-state index in [-0.39, 0.29) is 0 Å². The van der Waals surface area contributed by atoms with Gasteiger partial charge in [-0.3, -0.25) is 0 Å². The van der Waals surface area contributed by atoms with E-state index in [0.717, 1.165) is 26.1 Å². The second-order valence-electron chi connectivity index (χ2n) is 5.36. The number of nitrogens with one attached hydrogen (secondary N) is 1. The van der Waals surface area contributed by atoms with Crippen molar-refractivity contribution in [2.24, 2.45) is 0 Å². The molecule has 19 heavy (non-hydrogen) atoms. The van der Waals surface area contributed by atoms with Crippen molar-refractivity contribution >= 4 is 0 Å². The van der Waals surface area contributed by atoms with E-state index < -0.39 is 0 Å². The van der Waals surface area contributed by atoms with Crippen molar-refractivity contribution in [3.8, 4) is 0 Å². The molecule has 0 saturated carbocycles. The molecule has 1 atom stereocenters. The summed E-state index contributed by atoms with van der Waals surface area (Å²) in [5, 5.41) is 3.67. The fraction of sp³-hybridized carbons (Fsp3) is 0.647. The van der Waals surface area contributed by atoms with Crippen molar-refractivity contribution in [2.75, 3.05) is 26.7 Å². The summed E-state index contributed by atoms with van der Waals surface area (Å²) in [5.74, 6) is 0. The highest BCUT2D eigenvalue weighted by molar-refractivity contribution is 5.25. The largest absolute Gasteiger partial charge is 0.309 e. The van der Waals surface area contributed by atoms with Gasteiger partial charge in [0.05, 0.1) is 0 Å². The number of likely N-dealkylation sites (N-methyl/N-ethyl adjacent to an activating group) is 1. The van der Waals surface area contributed by atoms with E-state index >= 15 is 0 Å². The van der Waals surface area contributed by atoms with E-state index in [1.165, 1.54) is 24.0 Å². The number of benzene rings is 1. The molecule has 1 N–H and O–H groups in total. The predicted octanol–water partition coefficient (Wildman–Crippen LogP) is 3.63. The maximum atomic E-state index is 3.67. The summed E-state index contributed by atoms with van der Waals surface area (Å²) in [6.07, 6.45) is 3.51. The molecule has 2 heteroatoms. The Hall–Kier alpha value is -0.860. The first-order valence-electron chi connectivity index (χ1n) is 7.72. The van der Waals surface area contributed by atoms with Gasteiger partial charge in [0, 0.05) is 12.6 Å². The Kier molecular flexibility index (Phi) is 7.76. The summed E-state index contributed by atoms with van der Waals surface area (Å²) < 4.78 is 0. The molecule has 0 aliphatic carbocycles. The highest BCUT2D eigenvalue weighted by Gasteiger charge is 2.12. The van der Waals surface area contributed by atoms with E-state index in [4.69, 9.17) is 0 Å². The fourth-order valence-corrected chi connectivity index (χ4v) is 2.38. The summed E-state index contributed by atoms with van der Waals surface area (Å²) in [4.78, 5) is 2.42. The zero-order valence-electron chi connectivity index (χ0n) is 13.1. The second kappa shape index (κ2) is 9.11. The van der Waals surface area contributed by atoms with Gasteiger partial charge < -0.3 is 10.2 Å². The topological polar surface area (TPSA) is 15.3 Å². The first-order chi connectivity index (χ1) is 9.21. The van der Waals surface area contributed by atoms with Crippen LogP contribution in [0.2, 0.25) is 0 Å². The molecule has 0 heterocycles. The Labute approximate surface area is 119 Å². The van der Waals surface area contributed by atoms with Gasteiger partial charge in [-0.15, -0.1) is 0 Å². The molecule has 0 saturated heterocycles. The lowest BCUT2D eigenvalue weighted by atomic mass is 10.0. The van der Waals surface area contributed by atoms with Crippen molar-refractivity contribution in [1.29, 1.82) is 0 Å². The monoisotopic (exact) mass is 262 g/mol. The van der Waals surface area contributed by atoms with Gasteiger partial charge in [0.25, 0.3) is 0 Å². The van der Waals surface area contributed by atoms with Crippen LogP contribution >= 0.6 is 0 Å². The van der Waals surface area contributed by atoms with E-state index in [2.05, 4.69) is 62.3 Å². The van der Waals surface area contributed by atoms with Crippen LogP contribution < -0.4 is 5.32 Å². The highest BCUT2D eigenvalue weighted by atomic mass is 15.1. The van der Waals surface area contributed by atoms with Crippen LogP contribution in [-0.2, 0) is 6.42 Å². The third-order valence-corrected chi connectivity index (χ3v) is 3.53. The number of hydrogen-bond donors (Lipinski definition) is 1. The molecule has 0 bridgehead atoms. The summed E-state index contributed by atoms with van der Waals surface area (Å²) in [7, 11) is 2.21. The molecule has 0 amide bonds. The lowest BCUT2D eigenvalue weighted by Crippen LogP contribution is -2.33. The standard InChI is InChI=1S/C17H30N2/c1-5-12-18-17(14-19(4)13-6-2)16-10-8-15(7-3)9-11-16/h8-11,17-18H,5-7,12-14H2,1-4H3. The molecule has 2 nitrogen and oxygen atoms in total. The van der Waals surface area contributed by atoms with Crippen LogP contribution in [0.3, 0.4) is 0 Å². The molecule has 1 rings (SSSR count). The quantitative estimate of drug-likeness (QED) is 0.731. The van der Waals surface area contributed by atoms with Crippen LogP contribution in [0.4, 0.5) is 0 Å². The zero-order chi connectivity index (χ0) is 14.1. The van der Waals surface area contributed by atoms with Gasteiger partial charge >= 0.3 is 0 Å². The van der Waals surface area contributed by atoms with Crippen LogP contribution in [0.5, 0.6) is 0 Å². The summed E-state index contributed by atoms with van der Waals surface area (Å²) in [5.41, 5.74) is 2.83. The summed E-state index contributed by atoms with van der Waals surface area (Å²) >= 11 is 0. The highest BCUT2D eigenvalue weighted by Crippen LogP contribution is 2.16. The van der Waals surface area contributed by atoms with E-state index in [9.17, 15) is 0 Å². The molecule has 1 aromatic carbocycles. The van der Waals surface area contributed by atoms with Gasteiger partial charge in [-0.05, 0) is 50.5 Å². The molecule has 0 aromatic heterocycles. The molecule has 108 valence electrons. The van der Waals surface area contributed by atoms with Gasteiger partial charge in [0.1, 0.15) is 0 Å². The predicted molar refractivity (Wildman–Crippen MR) is 84.6 cm³/mol.